The molecule has 0 unspecified atom stereocenters. The van der Waals surface area contributed by atoms with Gasteiger partial charge in [-0.1, -0.05) is 0 Å². The summed E-state index contributed by atoms with van der Waals surface area (Å²) >= 11 is 0. The molecular formula is C10H16N4O4. The number of nitrogens with zero attached hydrogens (tertiary/aromatic N) is 3. The van der Waals surface area contributed by atoms with Gasteiger partial charge < -0.3 is 20.5 Å². The van der Waals surface area contributed by atoms with Crippen LogP contribution >= 0.6 is 0 Å². The molecule has 0 amide bonds. The number of aliphatic hydroxyl groups excluding tert-OH is 1. The molecule has 0 aromatic carbocycles. The molecule has 8 nitrogen and oxygen atoms in total. The van der Waals surface area contributed by atoms with E-state index in [0.29, 0.717) is 25.5 Å². The van der Waals surface area contributed by atoms with Gasteiger partial charge in [0.25, 0.3) is 5.69 Å². The van der Waals surface area contributed by atoms with Crippen LogP contribution in [0, 0.1) is 10.1 Å². The van der Waals surface area contributed by atoms with Gasteiger partial charge in [0.15, 0.2) is 0 Å². The minimum atomic E-state index is -0.533. The highest BCUT2D eigenvalue weighted by Gasteiger charge is 2.14. The van der Waals surface area contributed by atoms with Crippen LogP contribution in [0.3, 0.4) is 0 Å². The molecule has 0 atom stereocenters. The zero-order valence-corrected chi connectivity index (χ0v) is 10.1. The molecule has 3 N–H and O–H groups in total. The second-order valence-corrected chi connectivity index (χ2v) is 3.57. The Hall–Kier alpha value is -1.93. The van der Waals surface area contributed by atoms with Crippen LogP contribution in [-0.2, 0) is 4.74 Å². The molecule has 0 saturated heterocycles. The van der Waals surface area contributed by atoms with Crippen molar-refractivity contribution < 1.29 is 14.8 Å². The zero-order valence-electron chi connectivity index (χ0n) is 10.1. The molecule has 0 fully saturated rings. The van der Waals surface area contributed by atoms with Crippen molar-refractivity contribution in [2.75, 3.05) is 44.0 Å². The van der Waals surface area contributed by atoms with Gasteiger partial charge in [0.05, 0.1) is 30.3 Å². The van der Waals surface area contributed by atoms with Crippen LogP contribution in [0.5, 0.6) is 0 Å². The van der Waals surface area contributed by atoms with Crippen molar-refractivity contribution in [3.63, 3.8) is 0 Å². The van der Waals surface area contributed by atoms with E-state index in [4.69, 9.17) is 15.6 Å². The summed E-state index contributed by atoms with van der Waals surface area (Å²) in [4.78, 5) is 15.9. The Balaban J connectivity index is 2.98. The smallest absolute Gasteiger partial charge is 0.276 e. The first kappa shape index (κ1) is 14.1. The van der Waals surface area contributed by atoms with E-state index in [-0.39, 0.29) is 18.1 Å². The van der Waals surface area contributed by atoms with Gasteiger partial charge in [0.1, 0.15) is 11.6 Å². The first-order chi connectivity index (χ1) is 8.58. The lowest BCUT2D eigenvalue weighted by Crippen LogP contribution is -2.31. The van der Waals surface area contributed by atoms with Gasteiger partial charge in [-0.15, -0.1) is 0 Å². The van der Waals surface area contributed by atoms with Crippen molar-refractivity contribution in [3.05, 3.63) is 22.2 Å². The predicted octanol–water partition coefficient (Wildman–Crippen LogP) is 0.0171. The number of methoxy groups -OCH3 is 1. The van der Waals surface area contributed by atoms with Crippen LogP contribution < -0.4 is 10.6 Å². The topological polar surface area (TPSA) is 115 Å². The Bertz CT molecular complexity index is 413. The molecular weight excluding hydrogens is 240 g/mol. The van der Waals surface area contributed by atoms with E-state index >= 15 is 0 Å². The van der Waals surface area contributed by atoms with Crippen molar-refractivity contribution in [3.8, 4) is 0 Å². The lowest BCUT2D eigenvalue weighted by atomic mass is 10.3. The predicted molar refractivity (Wildman–Crippen MR) is 66.5 cm³/mol. The fourth-order valence-corrected chi connectivity index (χ4v) is 1.45. The lowest BCUT2D eigenvalue weighted by molar-refractivity contribution is -0.384. The maximum absolute atomic E-state index is 10.7. The van der Waals surface area contributed by atoms with Gasteiger partial charge in [-0.2, -0.15) is 0 Å². The van der Waals surface area contributed by atoms with Crippen LogP contribution in [0.25, 0.3) is 0 Å². The van der Waals surface area contributed by atoms with E-state index in [1.165, 1.54) is 12.1 Å². The quantitative estimate of drug-likeness (QED) is 0.521. The van der Waals surface area contributed by atoms with Crippen molar-refractivity contribution >= 4 is 17.3 Å². The first-order valence-electron chi connectivity index (χ1n) is 5.35. The Morgan fingerprint density at radius 1 is 1.56 bits per heavy atom. The standard InChI is InChI=1S/C10H16N4O4/c1-18-5-3-13(2-4-15)10-7-8(14(16)17)6-9(11)12-10/h6-7,15H,2-5H2,1H3,(H2,11,12). The average molecular weight is 256 g/mol. The monoisotopic (exact) mass is 256 g/mol. The third-order valence-corrected chi connectivity index (χ3v) is 2.29. The normalized spacial score (nSPS) is 10.3. The third-order valence-electron chi connectivity index (χ3n) is 2.29. The summed E-state index contributed by atoms with van der Waals surface area (Å²) < 4.78 is 4.93. The van der Waals surface area contributed by atoms with E-state index in [1.54, 1.807) is 12.0 Å². The average Bonchev–Trinajstić information content (AvgIpc) is 2.33. The number of aromatic nitrogens is 1. The molecule has 0 radical (unpaired) electrons. The van der Waals surface area contributed by atoms with Gasteiger partial charge in [0.2, 0.25) is 0 Å². The van der Waals surface area contributed by atoms with Crippen LogP contribution in [0.2, 0.25) is 0 Å². The summed E-state index contributed by atoms with van der Waals surface area (Å²) in [5.74, 6) is 0.423. The van der Waals surface area contributed by atoms with Gasteiger partial charge >= 0.3 is 0 Å². The molecule has 0 aliphatic heterocycles. The van der Waals surface area contributed by atoms with Crippen LogP contribution in [-0.4, -0.2) is 48.4 Å². The summed E-state index contributed by atoms with van der Waals surface area (Å²) in [6.07, 6.45) is 0. The van der Waals surface area contributed by atoms with Gasteiger partial charge in [-0.05, 0) is 0 Å². The number of hydrogen-bond acceptors (Lipinski definition) is 7. The molecule has 18 heavy (non-hydrogen) atoms. The van der Waals surface area contributed by atoms with Crippen molar-refractivity contribution in [2.45, 2.75) is 0 Å². The largest absolute Gasteiger partial charge is 0.395 e. The van der Waals surface area contributed by atoms with E-state index in [2.05, 4.69) is 4.98 Å². The molecule has 0 aliphatic rings. The third kappa shape index (κ3) is 3.82. The minimum absolute atomic E-state index is 0.0690. The number of nitro groups is 1. The SMILES string of the molecule is COCCN(CCO)c1cc([N+](=O)[O-])cc(N)n1. The zero-order chi connectivity index (χ0) is 13.5. The van der Waals surface area contributed by atoms with Gasteiger partial charge in [-0.3, -0.25) is 10.1 Å². The maximum Gasteiger partial charge on any atom is 0.276 e. The van der Waals surface area contributed by atoms with Gasteiger partial charge in [0, 0.05) is 20.2 Å². The van der Waals surface area contributed by atoms with Gasteiger partial charge in [-0.25, -0.2) is 4.98 Å². The molecule has 0 aliphatic carbocycles. The Labute approximate surface area is 104 Å². The number of hydrogen-bond donors (Lipinski definition) is 2. The fraction of sp³-hybridized carbons (Fsp3) is 0.500. The van der Waals surface area contributed by atoms with Crippen LogP contribution in [0.1, 0.15) is 0 Å². The number of rotatable bonds is 7. The summed E-state index contributed by atoms with van der Waals surface area (Å²) in [6.45, 7) is 1.10. The highest BCUT2D eigenvalue weighted by Crippen LogP contribution is 2.21. The summed E-state index contributed by atoms with van der Waals surface area (Å²) in [6, 6.07) is 2.51. The van der Waals surface area contributed by atoms with E-state index in [9.17, 15) is 10.1 Å². The summed E-state index contributed by atoms with van der Waals surface area (Å²) in [5, 5.41) is 19.7. The second kappa shape index (κ2) is 6.72. The molecule has 0 saturated carbocycles. The van der Waals surface area contributed by atoms with Crippen LogP contribution in [0.4, 0.5) is 17.3 Å². The summed E-state index contributed by atoms with van der Waals surface area (Å²) in [5.41, 5.74) is 5.40. The number of nitrogen functional groups attached to an aromatic ring is 1. The molecule has 8 heteroatoms. The molecule has 100 valence electrons. The lowest BCUT2D eigenvalue weighted by Gasteiger charge is -2.22. The van der Waals surface area contributed by atoms with E-state index in [1.807, 2.05) is 0 Å². The van der Waals surface area contributed by atoms with Crippen molar-refractivity contribution in [1.82, 2.24) is 4.98 Å². The molecule has 0 bridgehead atoms. The number of anilines is 2. The number of ether oxygens (including phenoxy) is 1. The second-order valence-electron chi connectivity index (χ2n) is 3.57. The molecule has 1 aromatic heterocycles. The van der Waals surface area contributed by atoms with Crippen molar-refractivity contribution in [2.24, 2.45) is 0 Å². The Morgan fingerprint density at radius 3 is 2.83 bits per heavy atom. The Kier molecular flexibility index (Phi) is 5.28. The molecule has 1 heterocycles. The number of aliphatic hydroxyl groups is 1. The summed E-state index contributed by atoms with van der Waals surface area (Å²) in [7, 11) is 1.55. The molecule has 1 rings (SSSR count). The fourth-order valence-electron chi connectivity index (χ4n) is 1.45. The Morgan fingerprint density at radius 2 is 2.28 bits per heavy atom. The highest BCUT2D eigenvalue weighted by atomic mass is 16.6. The number of pyridine rings is 1. The first-order valence-corrected chi connectivity index (χ1v) is 5.35. The maximum atomic E-state index is 10.7. The van der Waals surface area contributed by atoms with Crippen LogP contribution in [0.15, 0.2) is 12.1 Å². The number of nitrogens with two attached hydrogens (primary N) is 1. The van der Waals surface area contributed by atoms with E-state index < -0.39 is 4.92 Å². The highest BCUT2D eigenvalue weighted by molar-refractivity contribution is 5.54. The van der Waals surface area contributed by atoms with E-state index in [0.717, 1.165) is 0 Å². The van der Waals surface area contributed by atoms with Crippen molar-refractivity contribution in [1.29, 1.82) is 0 Å². The minimum Gasteiger partial charge on any atom is -0.395 e. The molecule has 0 spiro atoms. The molecule has 1 aromatic rings.